The summed E-state index contributed by atoms with van der Waals surface area (Å²) in [4.78, 5) is 11.1. The minimum absolute atomic E-state index is 0.208. The zero-order chi connectivity index (χ0) is 10.6. The molecule has 0 rings (SSSR count). The van der Waals surface area contributed by atoms with Crippen molar-refractivity contribution in [3.05, 3.63) is 0 Å². The van der Waals surface area contributed by atoms with Gasteiger partial charge >= 0.3 is 5.97 Å². The number of aliphatic hydroxyl groups is 1. The van der Waals surface area contributed by atoms with Crippen LogP contribution in [0.3, 0.4) is 0 Å². The summed E-state index contributed by atoms with van der Waals surface area (Å²) in [5, 5.41) is 18.5. The van der Waals surface area contributed by atoms with Gasteiger partial charge < -0.3 is 10.2 Å². The van der Waals surface area contributed by atoms with E-state index < -0.39 is 17.5 Å². The summed E-state index contributed by atoms with van der Waals surface area (Å²) in [5.74, 6) is -1.01. The predicted molar refractivity (Wildman–Crippen MR) is 51.5 cm³/mol. The standard InChI is InChI=1S/C10H20O3/c1-5-10(6-2,9(12)13)7(3)8(4)11/h7-8,11H,5-6H2,1-4H3,(H,12,13). The molecular weight excluding hydrogens is 168 g/mol. The van der Waals surface area contributed by atoms with Crippen LogP contribution in [0.1, 0.15) is 40.5 Å². The molecule has 0 amide bonds. The first-order valence-electron chi connectivity index (χ1n) is 4.83. The van der Waals surface area contributed by atoms with E-state index in [4.69, 9.17) is 5.11 Å². The number of hydrogen-bond acceptors (Lipinski definition) is 2. The lowest BCUT2D eigenvalue weighted by molar-refractivity contribution is -0.156. The molecule has 0 aliphatic heterocycles. The van der Waals surface area contributed by atoms with Gasteiger partial charge in [0.2, 0.25) is 0 Å². The third-order valence-electron chi connectivity index (χ3n) is 3.28. The van der Waals surface area contributed by atoms with Crippen molar-refractivity contribution in [3.8, 4) is 0 Å². The molecule has 0 aromatic carbocycles. The summed E-state index contributed by atoms with van der Waals surface area (Å²) in [6.45, 7) is 7.16. The Bertz CT molecular complexity index is 171. The highest BCUT2D eigenvalue weighted by molar-refractivity contribution is 5.75. The molecule has 0 saturated heterocycles. The zero-order valence-corrected chi connectivity index (χ0v) is 8.87. The van der Waals surface area contributed by atoms with Crippen molar-refractivity contribution in [2.45, 2.75) is 46.6 Å². The van der Waals surface area contributed by atoms with E-state index in [0.29, 0.717) is 12.8 Å². The first-order valence-corrected chi connectivity index (χ1v) is 4.83. The second kappa shape index (κ2) is 4.61. The highest BCUT2D eigenvalue weighted by atomic mass is 16.4. The van der Waals surface area contributed by atoms with Crippen LogP contribution in [0.4, 0.5) is 0 Å². The van der Waals surface area contributed by atoms with Gasteiger partial charge in [-0.25, -0.2) is 0 Å². The molecule has 2 N–H and O–H groups in total. The monoisotopic (exact) mass is 188 g/mol. The fourth-order valence-electron chi connectivity index (χ4n) is 1.85. The van der Waals surface area contributed by atoms with Gasteiger partial charge in [0.1, 0.15) is 0 Å². The number of aliphatic carboxylic acids is 1. The highest BCUT2D eigenvalue weighted by Crippen LogP contribution is 2.37. The maximum Gasteiger partial charge on any atom is 0.309 e. The Morgan fingerprint density at radius 3 is 1.77 bits per heavy atom. The Balaban J connectivity index is 4.86. The lowest BCUT2D eigenvalue weighted by Crippen LogP contribution is -2.41. The van der Waals surface area contributed by atoms with Gasteiger partial charge in [-0.3, -0.25) is 4.79 Å². The third kappa shape index (κ3) is 2.21. The summed E-state index contributed by atoms with van der Waals surface area (Å²) >= 11 is 0. The summed E-state index contributed by atoms with van der Waals surface area (Å²) in [6.07, 6.45) is 0.548. The number of hydrogen-bond donors (Lipinski definition) is 2. The Labute approximate surface area is 79.8 Å². The summed E-state index contributed by atoms with van der Waals surface area (Å²) in [7, 11) is 0. The quantitative estimate of drug-likeness (QED) is 0.692. The Kier molecular flexibility index (Phi) is 4.40. The molecule has 3 nitrogen and oxygen atoms in total. The smallest absolute Gasteiger partial charge is 0.309 e. The molecule has 0 saturated carbocycles. The first-order chi connectivity index (χ1) is 5.92. The Hall–Kier alpha value is -0.570. The lowest BCUT2D eigenvalue weighted by atomic mass is 9.70. The molecule has 3 heteroatoms. The van der Waals surface area contributed by atoms with Gasteiger partial charge in [0.05, 0.1) is 11.5 Å². The van der Waals surface area contributed by atoms with Crippen LogP contribution < -0.4 is 0 Å². The van der Waals surface area contributed by atoms with Gasteiger partial charge in [-0.15, -0.1) is 0 Å². The van der Waals surface area contributed by atoms with Gasteiger partial charge in [0.15, 0.2) is 0 Å². The minimum atomic E-state index is -0.800. The summed E-state index contributed by atoms with van der Waals surface area (Å²) in [5.41, 5.74) is -0.770. The van der Waals surface area contributed by atoms with E-state index in [0.717, 1.165) is 0 Å². The van der Waals surface area contributed by atoms with Crippen molar-refractivity contribution in [1.82, 2.24) is 0 Å². The van der Waals surface area contributed by atoms with Crippen LogP contribution in [0.5, 0.6) is 0 Å². The Morgan fingerprint density at radius 2 is 1.69 bits per heavy atom. The first kappa shape index (κ1) is 12.4. The van der Waals surface area contributed by atoms with E-state index in [1.54, 1.807) is 13.8 Å². The number of rotatable bonds is 5. The average Bonchev–Trinajstić information content (AvgIpc) is 2.06. The SMILES string of the molecule is CCC(CC)(C(=O)O)C(C)C(C)O. The van der Waals surface area contributed by atoms with Crippen molar-refractivity contribution >= 4 is 5.97 Å². The van der Waals surface area contributed by atoms with Crippen LogP contribution in [0.2, 0.25) is 0 Å². The summed E-state index contributed by atoms with van der Waals surface area (Å²) < 4.78 is 0. The molecule has 78 valence electrons. The van der Waals surface area contributed by atoms with Crippen LogP contribution in [-0.2, 0) is 4.79 Å². The van der Waals surface area contributed by atoms with Gasteiger partial charge in [-0.2, -0.15) is 0 Å². The van der Waals surface area contributed by atoms with Gasteiger partial charge in [0, 0.05) is 0 Å². The second-order valence-electron chi connectivity index (χ2n) is 3.70. The van der Waals surface area contributed by atoms with Crippen molar-refractivity contribution in [2.75, 3.05) is 0 Å². The molecular formula is C10H20O3. The molecule has 13 heavy (non-hydrogen) atoms. The molecule has 2 unspecified atom stereocenters. The van der Waals surface area contributed by atoms with Crippen molar-refractivity contribution < 1.29 is 15.0 Å². The van der Waals surface area contributed by atoms with Crippen LogP contribution in [0.15, 0.2) is 0 Å². The number of carboxylic acids is 1. The number of carboxylic acid groups (broad SMARTS) is 1. The van der Waals surface area contributed by atoms with E-state index in [2.05, 4.69) is 0 Å². The molecule has 0 aliphatic carbocycles. The van der Waals surface area contributed by atoms with Crippen LogP contribution in [0, 0.1) is 11.3 Å². The molecule has 0 aromatic heterocycles. The van der Waals surface area contributed by atoms with E-state index >= 15 is 0 Å². The van der Waals surface area contributed by atoms with Crippen molar-refractivity contribution in [1.29, 1.82) is 0 Å². The molecule has 0 bridgehead atoms. The largest absolute Gasteiger partial charge is 0.481 e. The zero-order valence-electron chi connectivity index (χ0n) is 8.87. The molecule has 0 aromatic rings. The fraction of sp³-hybridized carbons (Fsp3) is 0.900. The van der Waals surface area contributed by atoms with Crippen LogP contribution >= 0.6 is 0 Å². The lowest BCUT2D eigenvalue weighted by Gasteiger charge is -2.35. The highest BCUT2D eigenvalue weighted by Gasteiger charge is 2.42. The van der Waals surface area contributed by atoms with Gasteiger partial charge in [0.25, 0.3) is 0 Å². The molecule has 0 aliphatic rings. The normalized spacial score (nSPS) is 16.7. The molecule has 0 fully saturated rings. The number of carbonyl (C=O) groups is 1. The van der Waals surface area contributed by atoms with E-state index in [1.165, 1.54) is 0 Å². The maximum absolute atomic E-state index is 11.1. The van der Waals surface area contributed by atoms with Crippen LogP contribution in [-0.4, -0.2) is 22.3 Å². The maximum atomic E-state index is 11.1. The summed E-state index contributed by atoms with van der Waals surface area (Å²) in [6, 6.07) is 0. The predicted octanol–water partition coefficient (Wildman–Crippen LogP) is 1.89. The minimum Gasteiger partial charge on any atom is -0.481 e. The van der Waals surface area contributed by atoms with Gasteiger partial charge in [-0.05, 0) is 25.7 Å². The average molecular weight is 188 g/mol. The Morgan fingerprint density at radius 1 is 1.31 bits per heavy atom. The van der Waals surface area contributed by atoms with Crippen LogP contribution in [0.25, 0.3) is 0 Å². The van der Waals surface area contributed by atoms with Crippen molar-refractivity contribution in [2.24, 2.45) is 11.3 Å². The van der Waals surface area contributed by atoms with Gasteiger partial charge in [-0.1, -0.05) is 20.8 Å². The number of aliphatic hydroxyl groups excluding tert-OH is 1. The topological polar surface area (TPSA) is 57.5 Å². The molecule has 2 atom stereocenters. The van der Waals surface area contributed by atoms with Crippen molar-refractivity contribution in [3.63, 3.8) is 0 Å². The molecule has 0 radical (unpaired) electrons. The molecule has 0 spiro atoms. The van der Waals surface area contributed by atoms with E-state index in [-0.39, 0.29) is 5.92 Å². The fourth-order valence-corrected chi connectivity index (χ4v) is 1.85. The molecule has 0 heterocycles. The second-order valence-corrected chi connectivity index (χ2v) is 3.70. The van der Waals surface area contributed by atoms with E-state index in [9.17, 15) is 9.90 Å². The van der Waals surface area contributed by atoms with E-state index in [1.807, 2.05) is 13.8 Å². The third-order valence-corrected chi connectivity index (χ3v) is 3.28.